The largest absolute Gasteiger partial charge is 0.389 e. The first-order valence-corrected chi connectivity index (χ1v) is 10.4. The van der Waals surface area contributed by atoms with Gasteiger partial charge in [-0.15, -0.1) is 0 Å². The Morgan fingerprint density at radius 1 is 1.10 bits per heavy atom. The first kappa shape index (κ1) is 20.2. The molecule has 0 saturated carbocycles. The van der Waals surface area contributed by atoms with Crippen molar-refractivity contribution in [2.45, 2.75) is 38.2 Å². The van der Waals surface area contributed by atoms with Gasteiger partial charge >= 0.3 is 0 Å². The molecule has 2 heterocycles. The molecule has 1 aliphatic heterocycles. The number of piperidine rings is 1. The zero-order chi connectivity index (χ0) is 21.5. The average molecular weight is 402 g/mol. The Bertz CT molecular complexity index is 1180. The molecule has 1 N–H and O–H groups in total. The number of aromatic nitrogens is 1. The minimum Gasteiger partial charge on any atom is -0.389 e. The molecule has 0 bridgehead atoms. The number of pyridine rings is 1. The standard InChI is InChI=1S/C25H27N3O2/c1-17(29)18-8-10-19(11-9-18)25(2)12-14-28(15-13-25)23-20-6-4-5-7-22(20)27(3)24(30)21(23)16-26/h4-11,17,29H,12-15H2,1-3H3. The van der Waals surface area contributed by atoms with Crippen LogP contribution < -0.4 is 10.5 Å². The summed E-state index contributed by atoms with van der Waals surface area (Å²) in [4.78, 5) is 15.0. The van der Waals surface area contributed by atoms with E-state index in [1.807, 2.05) is 36.4 Å². The topological polar surface area (TPSA) is 69.3 Å². The van der Waals surface area contributed by atoms with Gasteiger partial charge in [0.25, 0.3) is 5.56 Å². The number of benzene rings is 2. The van der Waals surface area contributed by atoms with Gasteiger partial charge in [-0.25, -0.2) is 0 Å². The summed E-state index contributed by atoms with van der Waals surface area (Å²) in [6.07, 6.45) is 1.39. The van der Waals surface area contributed by atoms with E-state index in [1.54, 1.807) is 18.5 Å². The van der Waals surface area contributed by atoms with E-state index in [0.717, 1.165) is 48.1 Å². The van der Waals surface area contributed by atoms with Crippen molar-refractivity contribution < 1.29 is 5.11 Å². The number of fused-ring (bicyclic) bond motifs is 1. The van der Waals surface area contributed by atoms with Crippen LogP contribution in [0, 0.1) is 11.3 Å². The highest BCUT2D eigenvalue weighted by Crippen LogP contribution is 2.39. The molecule has 1 unspecified atom stereocenters. The van der Waals surface area contributed by atoms with Crippen LogP contribution in [-0.2, 0) is 12.5 Å². The number of anilines is 1. The summed E-state index contributed by atoms with van der Waals surface area (Å²) in [7, 11) is 1.72. The fraction of sp³-hybridized carbons (Fsp3) is 0.360. The van der Waals surface area contributed by atoms with Crippen LogP contribution in [0.4, 0.5) is 5.69 Å². The second kappa shape index (κ2) is 7.62. The zero-order valence-electron chi connectivity index (χ0n) is 17.7. The highest BCUT2D eigenvalue weighted by Gasteiger charge is 2.33. The maximum atomic E-state index is 12.8. The predicted octanol–water partition coefficient (Wildman–Crippen LogP) is 4.02. The van der Waals surface area contributed by atoms with E-state index >= 15 is 0 Å². The maximum Gasteiger partial charge on any atom is 0.270 e. The number of rotatable bonds is 3. The van der Waals surface area contributed by atoms with Gasteiger partial charge in [0.2, 0.25) is 0 Å². The number of hydrogen-bond donors (Lipinski definition) is 1. The molecule has 154 valence electrons. The normalized spacial score (nSPS) is 17.0. The fourth-order valence-electron chi connectivity index (χ4n) is 4.59. The molecule has 0 radical (unpaired) electrons. The Morgan fingerprint density at radius 3 is 2.33 bits per heavy atom. The number of nitrogens with zero attached hydrogens (tertiary/aromatic N) is 3. The molecule has 0 aliphatic carbocycles. The summed E-state index contributed by atoms with van der Waals surface area (Å²) in [5.74, 6) is 0. The number of aliphatic hydroxyl groups excluding tert-OH is 1. The van der Waals surface area contributed by atoms with Crippen LogP contribution in [0.25, 0.3) is 10.9 Å². The SMILES string of the molecule is CC(O)c1ccc(C2(C)CCN(c3c(C#N)c(=O)n(C)c4ccccc34)CC2)cc1. The van der Waals surface area contributed by atoms with Gasteiger partial charge in [0.15, 0.2) is 0 Å². The first-order chi connectivity index (χ1) is 14.4. The molecule has 2 aromatic carbocycles. The van der Waals surface area contributed by atoms with Crippen molar-refractivity contribution in [1.82, 2.24) is 4.57 Å². The Morgan fingerprint density at radius 2 is 1.73 bits per heavy atom. The second-order valence-electron chi connectivity index (χ2n) is 8.56. The fourth-order valence-corrected chi connectivity index (χ4v) is 4.59. The molecule has 1 atom stereocenters. The van der Waals surface area contributed by atoms with E-state index in [1.165, 1.54) is 5.56 Å². The van der Waals surface area contributed by atoms with Gasteiger partial charge in [0, 0.05) is 25.5 Å². The van der Waals surface area contributed by atoms with Gasteiger partial charge in [0.1, 0.15) is 11.6 Å². The van der Waals surface area contributed by atoms with Crippen LogP contribution in [0.3, 0.4) is 0 Å². The van der Waals surface area contributed by atoms with E-state index < -0.39 is 6.10 Å². The summed E-state index contributed by atoms with van der Waals surface area (Å²) in [6.45, 7) is 5.60. The number of aryl methyl sites for hydroxylation is 1. The molecular formula is C25H27N3O2. The van der Waals surface area contributed by atoms with E-state index in [-0.39, 0.29) is 16.5 Å². The average Bonchev–Trinajstić information content (AvgIpc) is 2.77. The van der Waals surface area contributed by atoms with Crippen molar-refractivity contribution in [3.8, 4) is 6.07 Å². The highest BCUT2D eigenvalue weighted by molar-refractivity contribution is 5.95. The van der Waals surface area contributed by atoms with Crippen LogP contribution in [0.2, 0.25) is 0 Å². The molecule has 0 amide bonds. The molecular weight excluding hydrogens is 374 g/mol. The third kappa shape index (κ3) is 3.28. The molecule has 30 heavy (non-hydrogen) atoms. The van der Waals surface area contributed by atoms with Crippen molar-refractivity contribution in [3.63, 3.8) is 0 Å². The van der Waals surface area contributed by atoms with E-state index in [0.29, 0.717) is 0 Å². The molecule has 3 aromatic rings. The van der Waals surface area contributed by atoms with Gasteiger partial charge in [-0.1, -0.05) is 49.4 Å². The Kier molecular flexibility index (Phi) is 5.13. The summed E-state index contributed by atoms with van der Waals surface area (Å²) in [5, 5.41) is 20.5. The predicted molar refractivity (Wildman–Crippen MR) is 120 cm³/mol. The van der Waals surface area contributed by atoms with Gasteiger partial charge in [-0.3, -0.25) is 4.79 Å². The smallest absolute Gasteiger partial charge is 0.270 e. The van der Waals surface area contributed by atoms with Gasteiger partial charge in [-0.05, 0) is 42.4 Å². The van der Waals surface area contributed by atoms with E-state index in [2.05, 4.69) is 30.0 Å². The number of aliphatic hydroxyl groups is 1. The molecule has 1 aromatic heterocycles. The highest BCUT2D eigenvalue weighted by atomic mass is 16.3. The van der Waals surface area contributed by atoms with Crippen molar-refractivity contribution >= 4 is 16.6 Å². The van der Waals surface area contributed by atoms with Crippen molar-refractivity contribution in [2.24, 2.45) is 7.05 Å². The van der Waals surface area contributed by atoms with Crippen molar-refractivity contribution in [1.29, 1.82) is 5.26 Å². The van der Waals surface area contributed by atoms with Crippen LogP contribution >= 0.6 is 0 Å². The summed E-state index contributed by atoms with van der Waals surface area (Å²) in [6, 6.07) is 18.2. The summed E-state index contributed by atoms with van der Waals surface area (Å²) < 4.78 is 1.56. The van der Waals surface area contributed by atoms with Gasteiger partial charge in [0.05, 0.1) is 17.3 Å². The lowest BCUT2D eigenvalue weighted by Crippen LogP contribution is -2.42. The number of hydrogen-bond acceptors (Lipinski definition) is 4. The summed E-state index contributed by atoms with van der Waals surface area (Å²) in [5.41, 5.74) is 3.80. The monoisotopic (exact) mass is 401 g/mol. The Labute approximate surface area is 176 Å². The third-order valence-electron chi connectivity index (χ3n) is 6.66. The lowest BCUT2D eigenvalue weighted by molar-refractivity contribution is 0.199. The minimum absolute atomic E-state index is 0.0239. The van der Waals surface area contributed by atoms with E-state index in [9.17, 15) is 15.2 Å². The molecule has 5 heteroatoms. The third-order valence-corrected chi connectivity index (χ3v) is 6.66. The lowest BCUT2D eigenvalue weighted by Gasteiger charge is -2.41. The molecule has 0 spiro atoms. The maximum absolute atomic E-state index is 12.8. The molecule has 5 nitrogen and oxygen atoms in total. The van der Waals surface area contributed by atoms with E-state index in [4.69, 9.17) is 0 Å². The number of para-hydroxylation sites is 1. The molecule has 1 saturated heterocycles. The Balaban J connectivity index is 1.68. The van der Waals surface area contributed by atoms with Crippen molar-refractivity contribution in [2.75, 3.05) is 18.0 Å². The van der Waals surface area contributed by atoms with Gasteiger partial charge in [-0.2, -0.15) is 5.26 Å². The van der Waals surface area contributed by atoms with Crippen LogP contribution in [0.5, 0.6) is 0 Å². The summed E-state index contributed by atoms with van der Waals surface area (Å²) >= 11 is 0. The van der Waals surface area contributed by atoms with Crippen LogP contribution in [-0.4, -0.2) is 22.8 Å². The first-order valence-electron chi connectivity index (χ1n) is 10.4. The van der Waals surface area contributed by atoms with Crippen molar-refractivity contribution in [3.05, 3.63) is 75.6 Å². The lowest BCUT2D eigenvalue weighted by atomic mass is 9.74. The quantitative estimate of drug-likeness (QED) is 0.720. The second-order valence-corrected chi connectivity index (χ2v) is 8.56. The minimum atomic E-state index is -0.466. The van der Waals surface area contributed by atoms with Crippen LogP contribution in [0.15, 0.2) is 53.3 Å². The van der Waals surface area contributed by atoms with Crippen LogP contribution in [0.1, 0.15) is 49.5 Å². The van der Waals surface area contributed by atoms with Gasteiger partial charge < -0.3 is 14.6 Å². The molecule has 1 aliphatic rings. The Hall–Kier alpha value is -3.10. The zero-order valence-corrected chi connectivity index (χ0v) is 17.7. The molecule has 4 rings (SSSR count). The molecule has 1 fully saturated rings. The number of nitriles is 1.